The molecule has 1 aliphatic rings. The second kappa shape index (κ2) is 10.9. The number of nitro groups is 1. The molecular formula is C25H29N3O5. The van der Waals surface area contributed by atoms with Crippen molar-refractivity contribution in [2.24, 2.45) is 0 Å². The number of amides is 2. The zero-order valence-corrected chi connectivity index (χ0v) is 19.2. The van der Waals surface area contributed by atoms with E-state index in [1.54, 1.807) is 0 Å². The Bertz CT molecular complexity index is 1030. The molecule has 8 nitrogen and oxygen atoms in total. The summed E-state index contributed by atoms with van der Waals surface area (Å²) in [6.45, 7) is 7.46. The molecule has 8 heteroatoms. The maximum absolute atomic E-state index is 13.4. The van der Waals surface area contributed by atoms with Gasteiger partial charge in [0, 0.05) is 38.4 Å². The minimum Gasteiger partial charge on any atom is -0.379 e. The molecule has 0 N–H and O–H groups in total. The first kappa shape index (κ1) is 24.1. The molecule has 0 radical (unpaired) electrons. The summed E-state index contributed by atoms with van der Waals surface area (Å²) in [5.74, 6) is -0.740. The molecule has 0 aliphatic carbocycles. The normalized spacial score (nSPS) is 13.9. The van der Waals surface area contributed by atoms with E-state index < -0.39 is 4.92 Å². The molecule has 1 aliphatic heterocycles. The lowest BCUT2D eigenvalue weighted by Gasteiger charge is -2.25. The summed E-state index contributed by atoms with van der Waals surface area (Å²) in [6.07, 6.45) is 0.599. The predicted octanol–water partition coefficient (Wildman–Crippen LogP) is 4.01. The van der Waals surface area contributed by atoms with Gasteiger partial charge in [0.15, 0.2) is 0 Å². The number of nitrogens with zero attached hydrogens (tertiary/aromatic N) is 3. The Hall–Kier alpha value is -3.52. The first-order valence-corrected chi connectivity index (χ1v) is 11.1. The van der Waals surface area contributed by atoms with Gasteiger partial charge in [-0.3, -0.25) is 24.6 Å². The molecule has 1 heterocycles. The smallest absolute Gasteiger partial charge is 0.277 e. The van der Waals surface area contributed by atoms with Crippen molar-refractivity contribution in [2.45, 2.75) is 39.8 Å². The Labute approximate surface area is 193 Å². The lowest BCUT2D eigenvalue weighted by Crippen LogP contribution is -2.36. The second-order valence-electron chi connectivity index (χ2n) is 8.06. The first-order valence-electron chi connectivity index (χ1n) is 11.1. The molecule has 33 heavy (non-hydrogen) atoms. The lowest BCUT2D eigenvalue weighted by atomic mass is 10.0. The van der Waals surface area contributed by atoms with E-state index in [1.165, 1.54) is 29.2 Å². The standard InChI is InChI=1S/C25H29N3O5/c1-4-26(17-19-9-6-5-7-10-19)23-22(20-11-13-21(14-12-20)28(31)32)24(29)27(25(23)30)15-8-16-33-18(2)3/h5-7,9-14,18H,4,8,15-17H2,1-3H3. The Balaban J connectivity index is 1.96. The Morgan fingerprint density at radius 3 is 2.27 bits per heavy atom. The summed E-state index contributed by atoms with van der Waals surface area (Å²) in [5.41, 5.74) is 2.03. The van der Waals surface area contributed by atoms with Crippen LogP contribution in [-0.2, 0) is 20.9 Å². The second-order valence-corrected chi connectivity index (χ2v) is 8.06. The minimum absolute atomic E-state index is 0.0702. The number of hydrogen-bond acceptors (Lipinski definition) is 6. The molecule has 0 saturated carbocycles. The molecule has 0 aromatic heterocycles. The third kappa shape index (κ3) is 5.64. The van der Waals surface area contributed by atoms with E-state index >= 15 is 0 Å². The van der Waals surface area contributed by atoms with Gasteiger partial charge in [-0.05, 0) is 50.5 Å². The van der Waals surface area contributed by atoms with Gasteiger partial charge in [0.05, 0.1) is 16.6 Å². The van der Waals surface area contributed by atoms with Crippen molar-refractivity contribution in [2.75, 3.05) is 19.7 Å². The van der Waals surface area contributed by atoms with Crippen LogP contribution in [0.3, 0.4) is 0 Å². The monoisotopic (exact) mass is 451 g/mol. The van der Waals surface area contributed by atoms with Crippen LogP contribution in [0.15, 0.2) is 60.3 Å². The average molecular weight is 452 g/mol. The molecule has 2 aromatic rings. The van der Waals surface area contributed by atoms with Crippen molar-refractivity contribution in [3.63, 3.8) is 0 Å². The van der Waals surface area contributed by atoms with Gasteiger partial charge >= 0.3 is 0 Å². The highest BCUT2D eigenvalue weighted by Crippen LogP contribution is 2.33. The topological polar surface area (TPSA) is 93.0 Å². The summed E-state index contributed by atoms with van der Waals surface area (Å²) in [6, 6.07) is 15.5. The number of carbonyl (C=O) groups excluding carboxylic acids is 2. The van der Waals surface area contributed by atoms with Crippen LogP contribution in [0.4, 0.5) is 5.69 Å². The lowest BCUT2D eigenvalue weighted by molar-refractivity contribution is -0.384. The van der Waals surface area contributed by atoms with Crippen molar-refractivity contribution in [3.05, 3.63) is 81.5 Å². The van der Waals surface area contributed by atoms with E-state index in [0.717, 1.165) is 5.56 Å². The first-order chi connectivity index (χ1) is 15.8. The summed E-state index contributed by atoms with van der Waals surface area (Å²) >= 11 is 0. The molecule has 0 bridgehead atoms. The van der Waals surface area contributed by atoms with Crippen LogP contribution >= 0.6 is 0 Å². The number of imide groups is 1. The van der Waals surface area contributed by atoms with Gasteiger partial charge in [0.2, 0.25) is 0 Å². The van der Waals surface area contributed by atoms with Crippen molar-refractivity contribution < 1.29 is 19.2 Å². The number of rotatable bonds is 11. The highest BCUT2D eigenvalue weighted by molar-refractivity contribution is 6.35. The van der Waals surface area contributed by atoms with Crippen LogP contribution in [0.25, 0.3) is 5.57 Å². The highest BCUT2D eigenvalue weighted by Gasteiger charge is 2.41. The molecule has 174 valence electrons. The Morgan fingerprint density at radius 2 is 1.70 bits per heavy atom. The van der Waals surface area contributed by atoms with Gasteiger partial charge in [0.1, 0.15) is 5.70 Å². The van der Waals surface area contributed by atoms with Crippen molar-refractivity contribution in [1.29, 1.82) is 0 Å². The van der Waals surface area contributed by atoms with Gasteiger partial charge in [-0.15, -0.1) is 0 Å². The molecule has 2 amide bonds. The predicted molar refractivity (Wildman–Crippen MR) is 125 cm³/mol. The quantitative estimate of drug-likeness (QED) is 0.222. The van der Waals surface area contributed by atoms with Crippen LogP contribution in [-0.4, -0.2) is 52.3 Å². The van der Waals surface area contributed by atoms with Crippen molar-refractivity contribution in [1.82, 2.24) is 9.80 Å². The maximum atomic E-state index is 13.4. The zero-order valence-electron chi connectivity index (χ0n) is 19.2. The molecule has 0 unspecified atom stereocenters. The average Bonchev–Trinajstić information content (AvgIpc) is 3.05. The van der Waals surface area contributed by atoms with E-state index in [9.17, 15) is 19.7 Å². The van der Waals surface area contributed by atoms with E-state index in [-0.39, 0.29) is 35.7 Å². The molecule has 0 spiro atoms. The van der Waals surface area contributed by atoms with Crippen molar-refractivity contribution in [3.8, 4) is 0 Å². The number of benzene rings is 2. The number of carbonyl (C=O) groups is 2. The van der Waals surface area contributed by atoms with E-state index in [2.05, 4.69) is 0 Å². The number of non-ortho nitro benzene ring substituents is 1. The Morgan fingerprint density at radius 1 is 1.03 bits per heavy atom. The third-order valence-corrected chi connectivity index (χ3v) is 5.40. The third-order valence-electron chi connectivity index (χ3n) is 5.40. The number of likely N-dealkylation sites (N-methyl/N-ethyl adjacent to an activating group) is 1. The van der Waals surface area contributed by atoms with Crippen LogP contribution in [0, 0.1) is 10.1 Å². The molecule has 3 rings (SSSR count). The highest BCUT2D eigenvalue weighted by atomic mass is 16.6. The van der Waals surface area contributed by atoms with Gasteiger partial charge < -0.3 is 9.64 Å². The summed E-state index contributed by atoms with van der Waals surface area (Å²) in [4.78, 5) is 40.6. The van der Waals surface area contributed by atoms with Crippen LogP contribution in [0.2, 0.25) is 0 Å². The molecule has 0 atom stereocenters. The number of hydrogen-bond donors (Lipinski definition) is 0. The van der Waals surface area contributed by atoms with Gasteiger partial charge in [-0.25, -0.2) is 0 Å². The van der Waals surface area contributed by atoms with Crippen LogP contribution < -0.4 is 0 Å². The van der Waals surface area contributed by atoms with Gasteiger partial charge in [-0.2, -0.15) is 0 Å². The maximum Gasteiger partial charge on any atom is 0.277 e. The van der Waals surface area contributed by atoms with Gasteiger partial charge in [0.25, 0.3) is 17.5 Å². The SMILES string of the molecule is CCN(Cc1ccccc1)C1=C(c2ccc([N+](=O)[O-])cc2)C(=O)N(CCCOC(C)C)C1=O. The summed E-state index contributed by atoms with van der Waals surface area (Å²) in [7, 11) is 0. The van der Waals surface area contributed by atoms with Crippen molar-refractivity contribution >= 4 is 23.1 Å². The largest absolute Gasteiger partial charge is 0.379 e. The number of nitro benzene ring substituents is 1. The summed E-state index contributed by atoms with van der Waals surface area (Å²) < 4.78 is 5.56. The number of ether oxygens (including phenoxy) is 1. The molecule has 0 saturated heterocycles. The Kier molecular flexibility index (Phi) is 7.95. The van der Waals surface area contributed by atoms with Crippen LogP contribution in [0.1, 0.15) is 38.3 Å². The fraction of sp³-hybridized carbons (Fsp3) is 0.360. The van der Waals surface area contributed by atoms with E-state index in [4.69, 9.17) is 4.74 Å². The fourth-order valence-electron chi connectivity index (χ4n) is 3.76. The van der Waals surface area contributed by atoms with E-state index in [0.29, 0.717) is 37.4 Å². The molecule has 2 aromatic carbocycles. The molecule has 0 fully saturated rings. The van der Waals surface area contributed by atoms with Gasteiger partial charge in [-0.1, -0.05) is 30.3 Å². The van der Waals surface area contributed by atoms with E-state index in [1.807, 2.05) is 56.0 Å². The molecular weight excluding hydrogens is 422 g/mol. The zero-order chi connectivity index (χ0) is 24.0. The fourth-order valence-corrected chi connectivity index (χ4v) is 3.76. The minimum atomic E-state index is -0.491. The summed E-state index contributed by atoms with van der Waals surface area (Å²) in [5, 5.41) is 11.1. The van der Waals surface area contributed by atoms with Crippen LogP contribution in [0.5, 0.6) is 0 Å².